The molecule has 1 heterocycles. The zero-order valence-corrected chi connectivity index (χ0v) is 10.00. The summed E-state index contributed by atoms with van der Waals surface area (Å²) < 4.78 is 6.97. The Morgan fingerprint density at radius 3 is 3.00 bits per heavy atom. The summed E-state index contributed by atoms with van der Waals surface area (Å²) in [5, 5.41) is 7.99. The Bertz CT molecular complexity index is 493. The summed E-state index contributed by atoms with van der Waals surface area (Å²) in [6, 6.07) is 7.77. The Labute approximate surface area is 100 Å². The molecule has 2 rings (SSSR count). The highest BCUT2D eigenvalue weighted by Crippen LogP contribution is 2.17. The second kappa shape index (κ2) is 4.97. The van der Waals surface area contributed by atoms with Crippen molar-refractivity contribution in [2.45, 2.75) is 19.4 Å². The number of benzene rings is 1. The van der Waals surface area contributed by atoms with E-state index in [-0.39, 0.29) is 6.04 Å². The zero-order chi connectivity index (χ0) is 12.3. The minimum Gasteiger partial charge on any atom is -0.497 e. The number of methoxy groups -OCH3 is 1. The lowest BCUT2D eigenvalue weighted by Gasteiger charge is -2.09. The van der Waals surface area contributed by atoms with Gasteiger partial charge in [0.25, 0.3) is 0 Å². The summed E-state index contributed by atoms with van der Waals surface area (Å²) in [6.07, 6.45) is 2.48. The maximum absolute atomic E-state index is 5.79. The van der Waals surface area contributed by atoms with Gasteiger partial charge >= 0.3 is 0 Å². The molecule has 0 fully saturated rings. The molecule has 1 aromatic carbocycles. The summed E-state index contributed by atoms with van der Waals surface area (Å²) in [4.78, 5) is 0. The molecule has 0 aliphatic carbocycles. The molecular weight excluding hydrogens is 216 g/mol. The highest BCUT2D eigenvalue weighted by atomic mass is 16.5. The van der Waals surface area contributed by atoms with Gasteiger partial charge in [0.1, 0.15) is 5.75 Å². The molecule has 1 unspecified atom stereocenters. The van der Waals surface area contributed by atoms with E-state index < -0.39 is 0 Å². The quantitative estimate of drug-likeness (QED) is 0.859. The first-order valence-corrected chi connectivity index (χ1v) is 5.50. The lowest BCUT2D eigenvalue weighted by atomic mass is 10.2. The van der Waals surface area contributed by atoms with Crippen LogP contribution in [0.2, 0.25) is 0 Å². The van der Waals surface area contributed by atoms with Crippen molar-refractivity contribution in [2.75, 3.05) is 7.11 Å². The molecule has 2 N–H and O–H groups in total. The Hall–Kier alpha value is -1.88. The summed E-state index contributed by atoms with van der Waals surface area (Å²) in [7, 11) is 1.64. The smallest absolute Gasteiger partial charge is 0.121 e. The minimum atomic E-state index is 0.0813. The van der Waals surface area contributed by atoms with Gasteiger partial charge in [-0.2, -0.15) is 0 Å². The first-order chi connectivity index (χ1) is 8.20. The van der Waals surface area contributed by atoms with Gasteiger partial charge in [0, 0.05) is 18.5 Å². The number of hydrogen-bond acceptors (Lipinski definition) is 4. The lowest BCUT2D eigenvalue weighted by molar-refractivity contribution is 0.414. The topological polar surface area (TPSA) is 66.0 Å². The SMILES string of the molecule is COc1cccc(-n2nncc2CC(C)N)c1. The average Bonchev–Trinajstić information content (AvgIpc) is 2.76. The van der Waals surface area contributed by atoms with Crippen LogP contribution in [0.4, 0.5) is 0 Å². The van der Waals surface area contributed by atoms with Crippen LogP contribution in [0.25, 0.3) is 5.69 Å². The van der Waals surface area contributed by atoms with Gasteiger partial charge in [-0.3, -0.25) is 0 Å². The van der Waals surface area contributed by atoms with Crippen molar-refractivity contribution in [2.24, 2.45) is 5.73 Å². The number of aromatic nitrogens is 3. The Morgan fingerprint density at radius 1 is 1.47 bits per heavy atom. The molecule has 2 aromatic rings. The van der Waals surface area contributed by atoms with Crippen molar-refractivity contribution in [1.82, 2.24) is 15.0 Å². The molecule has 1 aromatic heterocycles. The fraction of sp³-hybridized carbons (Fsp3) is 0.333. The van der Waals surface area contributed by atoms with E-state index in [0.29, 0.717) is 0 Å². The van der Waals surface area contributed by atoms with Crippen LogP contribution in [0.5, 0.6) is 5.75 Å². The Balaban J connectivity index is 2.35. The van der Waals surface area contributed by atoms with Crippen molar-refractivity contribution in [3.05, 3.63) is 36.2 Å². The van der Waals surface area contributed by atoms with Crippen LogP contribution >= 0.6 is 0 Å². The summed E-state index contributed by atoms with van der Waals surface area (Å²) in [5.74, 6) is 0.796. The van der Waals surface area contributed by atoms with Crippen molar-refractivity contribution < 1.29 is 4.74 Å². The van der Waals surface area contributed by atoms with Crippen molar-refractivity contribution in [3.8, 4) is 11.4 Å². The molecular formula is C12H16N4O. The molecule has 0 saturated carbocycles. The van der Waals surface area contributed by atoms with Gasteiger partial charge in [0.05, 0.1) is 24.7 Å². The third-order valence-corrected chi connectivity index (χ3v) is 2.45. The summed E-state index contributed by atoms with van der Waals surface area (Å²) in [5.41, 5.74) is 7.72. The van der Waals surface area contributed by atoms with E-state index in [4.69, 9.17) is 10.5 Å². The second-order valence-electron chi connectivity index (χ2n) is 4.02. The first-order valence-electron chi connectivity index (χ1n) is 5.50. The predicted molar refractivity (Wildman–Crippen MR) is 65.3 cm³/mol. The maximum atomic E-state index is 5.79. The van der Waals surface area contributed by atoms with Crippen molar-refractivity contribution >= 4 is 0 Å². The highest BCUT2D eigenvalue weighted by Gasteiger charge is 2.08. The van der Waals surface area contributed by atoms with Crippen molar-refractivity contribution in [3.63, 3.8) is 0 Å². The van der Waals surface area contributed by atoms with E-state index in [9.17, 15) is 0 Å². The molecule has 5 nitrogen and oxygen atoms in total. The number of nitrogens with two attached hydrogens (primary N) is 1. The molecule has 90 valence electrons. The van der Waals surface area contributed by atoms with E-state index in [1.165, 1.54) is 0 Å². The van der Waals surface area contributed by atoms with Crippen LogP contribution in [-0.4, -0.2) is 28.1 Å². The van der Waals surface area contributed by atoms with Gasteiger partial charge < -0.3 is 10.5 Å². The lowest BCUT2D eigenvalue weighted by Crippen LogP contribution is -2.19. The Morgan fingerprint density at radius 2 is 2.29 bits per heavy atom. The van der Waals surface area contributed by atoms with Gasteiger partial charge in [0.15, 0.2) is 0 Å². The molecule has 5 heteroatoms. The fourth-order valence-electron chi connectivity index (χ4n) is 1.68. The van der Waals surface area contributed by atoms with E-state index in [2.05, 4.69) is 10.3 Å². The van der Waals surface area contributed by atoms with Gasteiger partial charge in [-0.05, 0) is 19.1 Å². The van der Waals surface area contributed by atoms with Crippen molar-refractivity contribution in [1.29, 1.82) is 0 Å². The van der Waals surface area contributed by atoms with E-state index in [1.54, 1.807) is 18.0 Å². The average molecular weight is 232 g/mol. The fourth-order valence-corrected chi connectivity index (χ4v) is 1.68. The van der Waals surface area contributed by atoms with Crippen LogP contribution in [0.1, 0.15) is 12.6 Å². The second-order valence-corrected chi connectivity index (χ2v) is 4.02. The molecule has 0 aliphatic heterocycles. The van der Waals surface area contributed by atoms with Crippen LogP contribution in [0, 0.1) is 0 Å². The third kappa shape index (κ3) is 2.62. The maximum Gasteiger partial charge on any atom is 0.121 e. The predicted octanol–water partition coefficient (Wildman–Crippen LogP) is 1.17. The minimum absolute atomic E-state index is 0.0813. The van der Waals surface area contributed by atoms with E-state index in [0.717, 1.165) is 23.6 Å². The van der Waals surface area contributed by atoms with Gasteiger partial charge in [-0.25, -0.2) is 4.68 Å². The molecule has 0 spiro atoms. The van der Waals surface area contributed by atoms with E-state index >= 15 is 0 Å². The standard InChI is InChI=1S/C12H16N4O/c1-9(13)6-11-8-14-15-16(11)10-4-3-5-12(7-10)17-2/h3-5,7-9H,6,13H2,1-2H3. The number of ether oxygens (including phenoxy) is 1. The highest BCUT2D eigenvalue weighted by molar-refractivity contribution is 5.39. The van der Waals surface area contributed by atoms with Crippen LogP contribution < -0.4 is 10.5 Å². The third-order valence-electron chi connectivity index (χ3n) is 2.45. The molecule has 0 radical (unpaired) electrons. The number of nitrogens with zero attached hydrogens (tertiary/aromatic N) is 3. The van der Waals surface area contributed by atoms with Crippen LogP contribution in [0.15, 0.2) is 30.5 Å². The van der Waals surface area contributed by atoms with Gasteiger partial charge in [0.2, 0.25) is 0 Å². The van der Waals surface area contributed by atoms with Gasteiger partial charge in [-0.15, -0.1) is 5.10 Å². The first kappa shape index (κ1) is 11.6. The molecule has 0 bridgehead atoms. The van der Waals surface area contributed by atoms with Crippen LogP contribution in [0.3, 0.4) is 0 Å². The molecule has 0 amide bonds. The number of rotatable bonds is 4. The molecule has 1 atom stereocenters. The van der Waals surface area contributed by atoms with Gasteiger partial charge in [-0.1, -0.05) is 11.3 Å². The molecule has 0 aliphatic rings. The molecule has 17 heavy (non-hydrogen) atoms. The molecule has 0 saturated heterocycles. The summed E-state index contributed by atoms with van der Waals surface area (Å²) in [6.45, 7) is 1.96. The number of hydrogen-bond donors (Lipinski definition) is 1. The van der Waals surface area contributed by atoms with Crippen LogP contribution in [-0.2, 0) is 6.42 Å². The monoisotopic (exact) mass is 232 g/mol. The van der Waals surface area contributed by atoms with E-state index in [1.807, 2.05) is 31.2 Å². The normalized spacial score (nSPS) is 12.4. The Kier molecular flexibility index (Phi) is 3.39. The summed E-state index contributed by atoms with van der Waals surface area (Å²) >= 11 is 0. The largest absolute Gasteiger partial charge is 0.497 e. The zero-order valence-electron chi connectivity index (χ0n) is 10.00.